The Morgan fingerprint density at radius 1 is 0.938 bits per heavy atom. The van der Waals surface area contributed by atoms with Crippen LogP contribution >= 0.6 is 46.4 Å². The van der Waals surface area contributed by atoms with Gasteiger partial charge in [-0.05, 0) is 42.5 Å². The molecular formula is C23H12Cl4FNO3. The van der Waals surface area contributed by atoms with Crippen molar-refractivity contribution >= 4 is 63.7 Å². The molecule has 162 valence electrons. The number of para-hydroxylation sites is 1. The molecule has 0 fully saturated rings. The second-order valence-electron chi connectivity index (χ2n) is 6.91. The Kier molecular flexibility index (Phi) is 6.19. The molecule has 0 aliphatic heterocycles. The van der Waals surface area contributed by atoms with Gasteiger partial charge in [-0.15, -0.1) is 0 Å². The molecule has 1 N–H and O–H groups in total. The molecule has 1 heterocycles. The van der Waals surface area contributed by atoms with E-state index in [0.717, 1.165) is 12.1 Å². The number of rotatable bonds is 5. The van der Waals surface area contributed by atoms with Crippen molar-refractivity contribution in [1.82, 2.24) is 4.57 Å². The molecule has 1 aliphatic rings. The molecule has 0 unspecified atom stereocenters. The average molecular weight is 511 g/mol. The predicted molar refractivity (Wildman–Crippen MR) is 123 cm³/mol. The molecule has 2 aromatic carbocycles. The maximum atomic E-state index is 13.3. The van der Waals surface area contributed by atoms with Crippen molar-refractivity contribution in [3.05, 3.63) is 103 Å². The van der Waals surface area contributed by atoms with E-state index in [1.165, 1.54) is 34.9 Å². The van der Waals surface area contributed by atoms with Gasteiger partial charge >= 0.3 is 0 Å². The fourth-order valence-electron chi connectivity index (χ4n) is 3.42. The molecule has 0 amide bonds. The van der Waals surface area contributed by atoms with Gasteiger partial charge in [-0.2, -0.15) is 0 Å². The van der Waals surface area contributed by atoms with Crippen molar-refractivity contribution in [3.8, 4) is 5.75 Å². The molecule has 9 heteroatoms. The second kappa shape index (κ2) is 8.75. The van der Waals surface area contributed by atoms with Crippen molar-refractivity contribution in [3.63, 3.8) is 0 Å². The van der Waals surface area contributed by atoms with Crippen LogP contribution in [0, 0.1) is 5.82 Å². The monoisotopic (exact) mass is 509 g/mol. The Bertz CT molecular complexity index is 1340. The summed E-state index contributed by atoms with van der Waals surface area (Å²) in [7, 11) is 0. The van der Waals surface area contributed by atoms with Crippen LogP contribution in [0.5, 0.6) is 5.75 Å². The zero-order chi connectivity index (χ0) is 23.2. The Labute approximate surface area is 202 Å². The van der Waals surface area contributed by atoms with Gasteiger partial charge in [0, 0.05) is 22.6 Å². The summed E-state index contributed by atoms with van der Waals surface area (Å²) in [6.45, 7) is 0. The first-order chi connectivity index (χ1) is 15.2. The van der Waals surface area contributed by atoms with E-state index in [0.29, 0.717) is 0 Å². The molecule has 0 radical (unpaired) electrons. The topological polar surface area (TPSA) is 59.3 Å². The number of aromatic nitrogens is 1. The lowest BCUT2D eigenvalue weighted by Crippen LogP contribution is -2.13. The van der Waals surface area contributed by atoms with Gasteiger partial charge in [-0.1, -0.05) is 58.5 Å². The highest BCUT2D eigenvalue weighted by Gasteiger charge is 2.33. The number of ketones is 2. The first kappa shape index (κ1) is 22.6. The molecular weight excluding hydrogens is 499 g/mol. The van der Waals surface area contributed by atoms with Crippen LogP contribution in [0.1, 0.15) is 32.8 Å². The third kappa shape index (κ3) is 3.86. The summed E-state index contributed by atoms with van der Waals surface area (Å²) in [5.41, 5.74) is 0.443. The molecule has 0 saturated carbocycles. The van der Waals surface area contributed by atoms with E-state index in [-0.39, 0.29) is 60.5 Å². The first-order valence-electron chi connectivity index (χ1n) is 9.18. The van der Waals surface area contributed by atoms with Crippen LogP contribution in [0.4, 0.5) is 4.39 Å². The third-order valence-electron chi connectivity index (χ3n) is 4.95. The zero-order valence-electron chi connectivity index (χ0n) is 16.0. The highest BCUT2D eigenvalue weighted by atomic mass is 35.5. The number of phenols is 1. The second-order valence-corrected chi connectivity index (χ2v) is 8.51. The lowest BCUT2D eigenvalue weighted by atomic mass is 10.0. The maximum absolute atomic E-state index is 13.3. The van der Waals surface area contributed by atoms with Gasteiger partial charge in [-0.3, -0.25) is 14.2 Å². The highest BCUT2D eigenvalue weighted by Crippen LogP contribution is 2.45. The molecule has 0 bridgehead atoms. The number of nitrogens with zero attached hydrogens (tertiary/aromatic N) is 1. The summed E-state index contributed by atoms with van der Waals surface area (Å²) < 4.78 is 14.6. The molecule has 1 aromatic heterocycles. The van der Waals surface area contributed by atoms with Crippen LogP contribution in [0.2, 0.25) is 10.2 Å². The van der Waals surface area contributed by atoms with Crippen LogP contribution < -0.4 is 0 Å². The molecule has 32 heavy (non-hydrogen) atoms. The van der Waals surface area contributed by atoms with Crippen molar-refractivity contribution in [1.29, 1.82) is 0 Å². The third-order valence-corrected chi connectivity index (χ3v) is 6.53. The number of benzene rings is 2. The summed E-state index contributed by atoms with van der Waals surface area (Å²) in [5, 5.41) is 10.3. The van der Waals surface area contributed by atoms with Crippen LogP contribution in [0.15, 0.2) is 70.2 Å². The molecule has 1 aliphatic carbocycles. The quantitative estimate of drug-likeness (QED) is 0.374. The number of aromatic hydroxyl groups is 1. The van der Waals surface area contributed by atoms with Gasteiger partial charge in [0.2, 0.25) is 5.78 Å². The minimum atomic E-state index is -0.534. The van der Waals surface area contributed by atoms with E-state index in [1.54, 1.807) is 12.1 Å². The van der Waals surface area contributed by atoms with E-state index in [4.69, 9.17) is 46.4 Å². The largest absolute Gasteiger partial charge is 0.507 e. The minimum absolute atomic E-state index is 0.00806. The fraction of sp³-hybridized carbons (Fsp3) is 0.0435. The van der Waals surface area contributed by atoms with Crippen LogP contribution in [0.3, 0.4) is 0 Å². The molecule has 4 nitrogen and oxygen atoms in total. The number of Topliss-reactive ketones (excluding diaryl/α,β-unsaturated/α-hetero) is 1. The van der Waals surface area contributed by atoms with Crippen LogP contribution in [0.25, 0.3) is 5.70 Å². The SMILES string of the molecule is O=C(C1=C(n2c(C(=O)c3ccc(F)cc3)cc(Cl)c2Cl)C(Cl)=C(Cl)C1)c1ccccc1O. The summed E-state index contributed by atoms with van der Waals surface area (Å²) in [5.74, 6) is -1.77. The number of carbonyl (C=O) groups excluding carboxylic acids is 2. The van der Waals surface area contributed by atoms with Crippen LogP contribution in [-0.4, -0.2) is 21.2 Å². The van der Waals surface area contributed by atoms with Crippen molar-refractivity contribution in [2.75, 3.05) is 0 Å². The van der Waals surface area contributed by atoms with E-state index < -0.39 is 17.4 Å². The van der Waals surface area contributed by atoms with E-state index >= 15 is 0 Å². The van der Waals surface area contributed by atoms with E-state index in [9.17, 15) is 19.1 Å². The van der Waals surface area contributed by atoms with Crippen molar-refractivity contribution in [2.45, 2.75) is 6.42 Å². The lowest BCUT2D eigenvalue weighted by molar-refractivity contribution is 0.102. The number of phenolic OH excluding ortho intramolecular Hbond substituents is 1. The molecule has 0 saturated heterocycles. The Balaban J connectivity index is 1.93. The predicted octanol–water partition coefficient (Wildman–Crippen LogP) is 7.06. The number of carbonyl (C=O) groups is 2. The first-order valence-corrected chi connectivity index (χ1v) is 10.7. The molecule has 4 rings (SSSR count). The normalized spacial score (nSPS) is 13.8. The number of allylic oxidation sites excluding steroid dienone is 4. The summed E-state index contributed by atoms with van der Waals surface area (Å²) in [6.07, 6.45) is -0.0286. The Morgan fingerprint density at radius 3 is 2.25 bits per heavy atom. The zero-order valence-corrected chi connectivity index (χ0v) is 19.0. The van der Waals surface area contributed by atoms with Gasteiger partial charge in [-0.25, -0.2) is 4.39 Å². The van der Waals surface area contributed by atoms with Crippen molar-refractivity contribution < 1.29 is 19.1 Å². The van der Waals surface area contributed by atoms with E-state index in [1.807, 2.05) is 0 Å². The highest BCUT2D eigenvalue weighted by molar-refractivity contribution is 6.47. The standard InChI is InChI=1S/C23H12Cl4FNO3/c24-15-9-14(22(32)13-3-1-2-4-18(13)30)20(19(15)26)29-17(10-16(25)23(29)27)21(31)11-5-7-12(28)8-6-11/h1-8,10,30H,9H2. The van der Waals surface area contributed by atoms with Gasteiger partial charge in [0.15, 0.2) is 5.78 Å². The minimum Gasteiger partial charge on any atom is -0.507 e. The Morgan fingerprint density at radius 2 is 1.59 bits per heavy atom. The summed E-state index contributed by atoms with van der Waals surface area (Å²) >= 11 is 25.3. The Hall–Kier alpha value is -2.57. The molecule has 0 spiro atoms. The smallest absolute Gasteiger partial charge is 0.209 e. The van der Waals surface area contributed by atoms with Crippen molar-refractivity contribution in [2.24, 2.45) is 0 Å². The van der Waals surface area contributed by atoms with Gasteiger partial charge in [0.25, 0.3) is 0 Å². The van der Waals surface area contributed by atoms with E-state index in [2.05, 4.69) is 0 Å². The average Bonchev–Trinajstić information content (AvgIpc) is 3.23. The summed E-state index contributed by atoms with van der Waals surface area (Å²) in [6, 6.07) is 12.3. The van der Waals surface area contributed by atoms with Gasteiger partial charge in [0.05, 0.1) is 27.0 Å². The van der Waals surface area contributed by atoms with Crippen LogP contribution in [-0.2, 0) is 0 Å². The maximum Gasteiger partial charge on any atom is 0.209 e. The fourth-order valence-corrected chi connectivity index (χ4v) is 4.32. The van der Waals surface area contributed by atoms with Gasteiger partial charge < -0.3 is 5.11 Å². The molecule has 0 atom stereocenters. The molecule has 3 aromatic rings. The van der Waals surface area contributed by atoms with Gasteiger partial charge in [0.1, 0.15) is 16.7 Å². The number of hydrogen-bond acceptors (Lipinski definition) is 3. The lowest BCUT2D eigenvalue weighted by Gasteiger charge is -2.15. The number of halogens is 5. The summed E-state index contributed by atoms with van der Waals surface area (Å²) in [4.78, 5) is 26.5. The number of hydrogen-bond donors (Lipinski definition) is 1.